The molecule has 0 bridgehead atoms. The average Bonchev–Trinajstić information content (AvgIpc) is 2.86. The Morgan fingerprint density at radius 3 is 2.43 bits per heavy atom. The second kappa shape index (κ2) is 4.71. The van der Waals surface area contributed by atoms with E-state index >= 15 is 0 Å². The molecular weight excluding hydrogens is 274 g/mol. The standard InChI is InChI=1S/C14H9N3O4/c18-14(19)16-12-4-2-1-3-11(12)15-13(16)9-5-7-10(8-6-9)17(20)21/h1-8H,(H,18,19). The van der Waals surface area contributed by atoms with Gasteiger partial charge in [-0.25, -0.2) is 14.3 Å². The molecule has 0 fully saturated rings. The Hall–Kier alpha value is -3.22. The SMILES string of the molecule is O=C(O)n1c(-c2ccc([N+](=O)[O-])cc2)nc2ccccc21. The summed E-state index contributed by atoms with van der Waals surface area (Å²) in [5, 5.41) is 20.0. The van der Waals surface area contributed by atoms with Gasteiger partial charge in [0.2, 0.25) is 0 Å². The van der Waals surface area contributed by atoms with Crippen LogP contribution in [0, 0.1) is 10.1 Å². The molecule has 1 heterocycles. The highest BCUT2D eigenvalue weighted by Crippen LogP contribution is 2.26. The zero-order valence-corrected chi connectivity index (χ0v) is 10.6. The molecule has 21 heavy (non-hydrogen) atoms. The van der Waals surface area contributed by atoms with Crippen LogP contribution < -0.4 is 0 Å². The quantitative estimate of drug-likeness (QED) is 0.575. The summed E-state index contributed by atoms with van der Waals surface area (Å²) in [6, 6.07) is 12.5. The number of hydrogen-bond donors (Lipinski definition) is 1. The third-order valence-electron chi connectivity index (χ3n) is 3.09. The van der Waals surface area contributed by atoms with Crippen molar-refractivity contribution in [3.63, 3.8) is 0 Å². The number of fused-ring (bicyclic) bond motifs is 1. The Bertz CT molecular complexity index is 852. The molecule has 0 aliphatic heterocycles. The zero-order chi connectivity index (χ0) is 15.0. The van der Waals surface area contributed by atoms with E-state index in [1.165, 1.54) is 24.3 Å². The summed E-state index contributed by atoms with van der Waals surface area (Å²) in [6.45, 7) is 0. The Morgan fingerprint density at radius 2 is 1.81 bits per heavy atom. The first-order valence-corrected chi connectivity index (χ1v) is 6.03. The lowest BCUT2D eigenvalue weighted by atomic mass is 10.2. The van der Waals surface area contributed by atoms with Crippen molar-refractivity contribution in [1.82, 2.24) is 9.55 Å². The lowest BCUT2D eigenvalue weighted by molar-refractivity contribution is -0.384. The molecule has 0 atom stereocenters. The van der Waals surface area contributed by atoms with Gasteiger partial charge in [-0.2, -0.15) is 0 Å². The number of imidazole rings is 1. The van der Waals surface area contributed by atoms with Crippen LogP contribution in [0.2, 0.25) is 0 Å². The van der Waals surface area contributed by atoms with Gasteiger partial charge in [-0.1, -0.05) is 12.1 Å². The van der Waals surface area contributed by atoms with Gasteiger partial charge in [-0.3, -0.25) is 10.1 Å². The minimum Gasteiger partial charge on any atom is -0.464 e. The predicted molar refractivity (Wildman–Crippen MR) is 75.2 cm³/mol. The van der Waals surface area contributed by atoms with Crippen LogP contribution in [0.5, 0.6) is 0 Å². The van der Waals surface area contributed by atoms with E-state index in [2.05, 4.69) is 4.98 Å². The van der Waals surface area contributed by atoms with Crippen molar-refractivity contribution in [2.24, 2.45) is 0 Å². The molecule has 0 saturated heterocycles. The molecule has 0 radical (unpaired) electrons. The van der Waals surface area contributed by atoms with Crippen LogP contribution in [-0.2, 0) is 0 Å². The number of non-ortho nitro benzene ring substituents is 1. The number of para-hydroxylation sites is 2. The fourth-order valence-electron chi connectivity index (χ4n) is 2.15. The van der Waals surface area contributed by atoms with Crippen molar-refractivity contribution in [3.8, 4) is 11.4 Å². The number of carboxylic acid groups (broad SMARTS) is 1. The van der Waals surface area contributed by atoms with Crippen LogP contribution in [0.25, 0.3) is 22.4 Å². The summed E-state index contributed by atoms with van der Waals surface area (Å²) in [4.78, 5) is 25.9. The largest absolute Gasteiger partial charge is 0.464 e. The molecule has 7 nitrogen and oxygen atoms in total. The number of carbonyl (C=O) groups is 1. The van der Waals surface area contributed by atoms with Crippen molar-refractivity contribution >= 4 is 22.8 Å². The minimum absolute atomic E-state index is 0.0586. The first-order chi connectivity index (χ1) is 10.1. The highest BCUT2D eigenvalue weighted by atomic mass is 16.6. The topological polar surface area (TPSA) is 98.3 Å². The summed E-state index contributed by atoms with van der Waals surface area (Å²) in [5.41, 5.74) is 1.46. The number of nitro groups is 1. The maximum Gasteiger partial charge on any atom is 0.417 e. The number of hydrogen-bond acceptors (Lipinski definition) is 4. The van der Waals surface area contributed by atoms with Crippen molar-refractivity contribution < 1.29 is 14.8 Å². The zero-order valence-electron chi connectivity index (χ0n) is 10.6. The van der Waals surface area contributed by atoms with Crippen molar-refractivity contribution in [1.29, 1.82) is 0 Å². The van der Waals surface area contributed by atoms with Crippen LogP contribution in [-0.4, -0.2) is 25.7 Å². The first-order valence-electron chi connectivity index (χ1n) is 6.03. The number of benzene rings is 2. The average molecular weight is 283 g/mol. The van der Waals surface area contributed by atoms with E-state index in [9.17, 15) is 20.0 Å². The molecule has 3 aromatic rings. The van der Waals surface area contributed by atoms with Gasteiger partial charge in [0, 0.05) is 17.7 Å². The van der Waals surface area contributed by atoms with Gasteiger partial charge in [-0.05, 0) is 24.3 Å². The monoisotopic (exact) mass is 283 g/mol. The lowest BCUT2D eigenvalue weighted by Crippen LogP contribution is -2.09. The van der Waals surface area contributed by atoms with Crippen LogP contribution in [0.3, 0.4) is 0 Å². The molecule has 0 unspecified atom stereocenters. The molecule has 0 spiro atoms. The van der Waals surface area contributed by atoms with Crippen molar-refractivity contribution in [2.75, 3.05) is 0 Å². The first kappa shape index (κ1) is 12.8. The molecule has 0 aliphatic rings. The molecular formula is C14H9N3O4. The summed E-state index contributed by atoms with van der Waals surface area (Å²) >= 11 is 0. The van der Waals surface area contributed by atoms with E-state index in [0.717, 1.165) is 4.57 Å². The van der Waals surface area contributed by atoms with Crippen LogP contribution in [0.1, 0.15) is 0 Å². The Kier molecular flexibility index (Phi) is 2.87. The summed E-state index contributed by atoms with van der Waals surface area (Å²) in [5.74, 6) is 0.235. The molecule has 104 valence electrons. The fourth-order valence-corrected chi connectivity index (χ4v) is 2.15. The van der Waals surface area contributed by atoms with E-state index in [-0.39, 0.29) is 11.5 Å². The smallest absolute Gasteiger partial charge is 0.417 e. The van der Waals surface area contributed by atoms with Gasteiger partial charge in [0.15, 0.2) is 5.82 Å². The van der Waals surface area contributed by atoms with Crippen LogP contribution in [0.15, 0.2) is 48.5 Å². The molecule has 0 aliphatic carbocycles. The third-order valence-corrected chi connectivity index (χ3v) is 3.09. The number of aromatic nitrogens is 2. The normalized spacial score (nSPS) is 10.7. The van der Waals surface area contributed by atoms with Crippen LogP contribution >= 0.6 is 0 Å². The summed E-state index contributed by atoms with van der Waals surface area (Å²) in [6.07, 6.45) is -1.16. The van der Waals surface area contributed by atoms with Crippen molar-refractivity contribution in [2.45, 2.75) is 0 Å². The molecule has 0 saturated carbocycles. The second-order valence-electron chi connectivity index (χ2n) is 4.35. The molecule has 7 heteroatoms. The van der Waals surface area contributed by atoms with E-state index < -0.39 is 11.0 Å². The van der Waals surface area contributed by atoms with E-state index in [4.69, 9.17) is 0 Å². The van der Waals surface area contributed by atoms with Gasteiger partial charge >= 0.3 is 6.09 Å². The number of nitro benzene ring substituents is 1. The lowest BCUT2D eigenvalue weighted by Gasteiger charge is -2.03. The Labute approximate surface area is 118 Å². The maximum absolute atomic E-state index is 11.5. The molecule has 1 N–H and O–H groups in total. The van der Waals surface area contributed by atoms with Gasteiger partial charge in [0.1, 0.15) is 0 Å². The minimum atomic E-state index is -1.16. The van der Waals surface area contributed by atoms with E-state index in [0.29, 0.717) is 16.6 Å². The molecule has 1 aromatic heterocycles. The Balaban J connectivity index is 2.22. The van der Waals surface area contributed by atoms with Gasteiger partial charge in [0.05, 0.1) is 16.0 Å². The second-order valence-corrected chi connectivity index (χ2v) is 4.35. The van der Waals surface area contributed by atoms with Gasteiger partial charge in [-0.15, -0.1) is 0 Å². The number of rotatable bonds is 2. The highest BCUT2D eigenvalue weighted by molar-refractivity contribution is 5.91. The predicted octanol–water partition coefficient (Wildman–Crippen LogP) is 3.14. The Morgan fingerprint density at radius 1 is 1.14 bits per heavy atom. The van der Waals surface area contributed by atoms with Gasteiger partial charge < -0.3 is 5.11 Å². The van der Waals surface area contributed by atoms with Crippen LogP contribution in [0.4, 0.5) is 10.5 Å². The molecule has 2 aromatic carbocycles. The number of nitrogens with zero attached hydrogens (tertiary/aromatic N) is 3. The fraction of sp³-hybridized carbons (Fsp3) is 0. The highest BCUT2D eigenvalue weighted by Gasteiger charge is 2.17. The van der Waals surface area contributed by atoms with E-state index in [1.807, 2.05) is 0 Å². The van der Waals surface area contributed by atoms with Crippen molar-refractivity contribution in [3.05, 3.63) is 58.6 Å². The van der Waals surface area contributed by atoms with Gasteiger partial charge in [0.25, 0.3) is 5.69 Å². The maximum atomic E-state index is 11.5. The molecule has 0 amide bonds. The van der Waals surface area contributed by atoms with E-state index in [1.54, 1.807) is 24.3 Å². The molecule has 3 rings (SSSR count). The summed E-state index contributed by atoms with van der Waals surface area (Å²) in [7, 11) is 0. The third kappa shape index (κ3) is 2.10. The summed E-state index contributed by atoms with van der Waals surface area (Å²) < 4.78 is 1.07.